The number of hydrogen-bond donors (Lipinski definition) is 2. The molecule has 0 aromatic rings. The van der Waals surface area contributed by atoms with Gasteiger partial charge in [-0.15, -0.1) is 0 Å². The van der Waals surface area contributed by atoms with Crippen LogP contribution in [0.5, 0.6) is 0 Å². The summed E-state index contributed by atoms with van der Waals surface area (Å²) in [5.74, 6) is -0.0406. The van der Waals surface area contributed by atoms with Gasteiger partial charge in [0.05, 0.1) is 6.04 Å². The van der Waals surface area contributed by atoms with E-state index in [2.05, 4.69) is 5.32 Å². The Morgan fingerprint density at radius 3 is 2.47 bits per heavy atom. The van der Waals surface area contributed by atoms with Gasteiger partial charge in [0.2, 0.25) is 5.91 Å². The Morgan fingerprint density at radius 1 is 1.47 bits per heavy atom. The predicted octanol–water partition coefficient (Wildman–Crippen LogP) is 1.29. The van der Waals surface area contributed by atoms with Gasteiger partial charge in [-0.3, -0.25) is 4.79 Å². The van der Waals surface area contributed by atoms with E-state index in [4.69, 9.17) is 10.5 Å². The van der Waals surface area contributed by atoms with E-state index in [9.17, 15) is 4.79 Å². The first kappa shape index (κ1) is 14.5. The molecule has 1 atom stereocenters. The molecule has 0 bridgehead atoms. The number of hydrogen-bond acceptors (Lipinski definition) is 3. The Hall–Kier alpha value is -0.610. The zero-order valence-corrected chi connectivity index (χ0v) is 11.5. The summed E-state index contributed by atoms with van der Waals surface area (Å²) in [5.41, 5.74) is 6.00. The monoisotopic (exact) mass is 242 g/mol. The minimum Gasteiger partial charge on any atom is -0.385 e. The molecule has 1 amide bonds. The number of nitrogens with two attached hydrogens (primary N) is 1. The van der Waals surface area contributed by atoms with Crippen molar-refractivity contribution in [1.82, 2.24) is 5.32 Å². The van der Waals surface area contributed by atoms with E-state index in [-0.39, 0.29) is 16.7 Å². The molecule has 1 rings (SSSR count). The lowest BCUT2D eigenvalue weighted by Gasteiger charge is -2.27. The summed E-state index contributed by atoms with van der Waals surface area (Å²) in [4.78, 5) is 11.9. The van der Waals surface area contributed by atoms with Crippen LogP contribution in [-0.2, 0) is 9.53 Å². The third-order valence-corrected chi connectivity index (χ3v) is 3.65. The summed E-state index contributed by atoms with van der Waals surface area (Å²) in [6.07, 6.45) is 3.39. The number of ether oxygens (including phenoxy) is 1. The number of nitrogens with one attached hydrogen (secondary N) is 1. The number of methoxy groups -OCH3 is 1. The molecule has 3 N–H and O–H groups in total. The molecule has 1 fully saturated rings. The van der Waals surface area contributed by atoms with Crippen molar-refractivity contribution in [1.29, 1.82) is 0 Å². The van der Waals surface area contributed by atoms with Crippen molar-refractivity contribution >= 4 is 5.91 Å². The highest BCUT2D eigenvalue weighted by Gasteiger charge is 2.42. The number of rotatable bonds is 6. The molecule has 0 radical (unpaired) electrons. The quantitative estimate of drug-likeness (QED) is 0.737. The third kappa shape index (κ3) is 4.28. The lowest BCUT2D eigenvalue weighted by molar-refractivity contribution is -0.124. The van der Waals surface area contributed by atoms with Gasteiger partial charge in [-0.1, -0.05) is 20.8 Å². The Morgan fingerprint density at radius 2 is 2.06 bits per heavy atom. The Bertz CT molecular complexity index is 267. The molecule has 0 unspecified atom stereocenters. The summed E-state index contributed by atoms with van der Waals surface area (Å²) >= 11 is 0. The maximum absolute atomic E-state index is 11.9. The van der Waals surface area contributed by atoms with Gasteiger partial charge in [-0.05, 0) is 30.1 Å². The van der Waals surface area contributed by atoms with Crippen LogP contribution in [0.1, 0.15) is 40.0 Å². The lowest BCUT2D eigenvalue weighted by atomic mass is 9.87. The van der Waals surface area contributed by atoms with Crippen molar-refractivity contribution in [3.63, 3.8) is 0 Å². The van der Waals surface area contributed by atoms with Gasteiger partial charge in [-0.2, -0.15) is 0 Å². The molecule has 17 heavy (non-hydrogen) atoms. The summed E-state index contributed by atoms with van der Waals surface area (Å²) < 4.78 is 5.09. The Kier molecular flexibility index (Phi) is 4.55. The molecule has 1 aliphatic rings. The molecule has 100 valence electrons. The minimum absolute atomic E-state index is 0.0406. The topological polar surface area (TPSA) is 64.3 Å². The molecule has 0 heterocycles. The van der Waals surface area contributed by atoms with Gasteiger partial charge >= 0.3 is 0 Å². The second-order valence-electron chi connectivity index (χ2n) is 6.30. The second-order valence-corrected chi connectivity index (χ2v) is 6.30. The Balaban J connectivity index is 2.33. The molecular weight excluding hydrogens is 216 g/mol. The predicted molar refractivity (Wildman–Crippen MR) is 68.6 cm³/mol. The van der Waals surface area contributed by atoms with E-state index in [1.165, 1.54) is 12.8 Å². The van der Waals surface area contributed by atoms with E-state index in [1.807, 2.05) is 20.8 Å². The summed E-state index contributed by atoms with van der Waals surface area (Å²) in [6.45, 7) is 7.44. The molecule has 1 aliphatic carbocycles. The number of carbonyl (C=O) groups excluding carboxylic acids is 1. The van der Waals surface area contributed by atoms with Crippen LogP contribution in [0.4, 0.5) is 0 Å². The zero-order chi connectivity index (χ0) is 13.1. The Labute approximate surface area is 104 Å². The van der Waals surface area contributed by atoms with Crippen LogP contribution >= 0.6 is 0 Å². The molecule has 0 aromatic carbocycles. The fourth-order valence-corrected chi connectivity index (χ4v) is 1.79. The van der Waals surface area contributed by atoms with Crippen LogP contribution in [0.2, 0.25) is 0 Å². The van der Waals surface area contributed by atoms with Gasteiger partial charge in [0.1, 0.15) is 0 Å². The first-order valence-corrected chi connectivity index (χ1v) is 6.33. The van der Waals surface area contributed by atoms with E-state index in [0.717, 1.165) is 19.6 Å². The van der Waals surface area contributed by atoms with Crippen LogP contribution in [0, 0.1) is 10.8 Å². The van der Waals surface area contributed by atoms with Crippen molar-refractivity contribution in [3.8, 4) is 0 Å². The molecule has 0 spiro atoms. The first-order valence-electron chi connectivity index (χ1n) is 6.33. The first-order chi connectivity index (χ1) is 7.81. The fraction of sp³-hybridized carbons (Fsp3) is 0.923. The highest BCUT2D eigenvalue weighted by molar-refractivity contribution is 5.82. The highest BCUT2D eigenvalue weighted by atomic mass is 16.5. The van der Waals surface area contributed by atoms with Gasteiger partial charge in [0.25, 0.3) is 0 Å². The van der Waals surface area contributed by atoms with Gasteiger partial charge in [-0.25, -0.2) is 0 Å². The maximum Gasteiger partial charge on any atom is 0.237 e. The SMILES string of the molecule is COCCC1(CNC(=O)[C@@H](N)C(C)(C)C)CC1. The van der Waals surface area contributed by atoms with Crippen molar-refractivity contribution in [2.45, 2.75) is 46.1 Å². The van der Waals surface area contributed by atoms with Crippen LogP contribution in [0.25, 0.3) is 0 Å². The van der Waals surface area contributed by atoms with E-state index >= 15 is 0 Å². The number of amides is 1. The largest absolute Gasteiger partial charge is 0.385 e. The van der Waals surface area contributed by atoms with Crippen LogP contribution in [0.3, 0.4) is 0 Å². The van der Waals surface area contributed by atoms with Crippen molar-refractivity contribution in [2.75, 3.05) is 20.3 Å². The average Bonchev–Trinajstić information content (AvgIpc) is 3.01. The van der Waals surface area contributed by atoms with E-state index in [0.29, 0.717) is 0 Å². The van der Waals surface area contributed by atoms with Crippen LogP contribution in [-0.4, -0.2) is 32.2 Å². The number of carbonyl (C=O) groups is 1. The highest BCUT2D eigenvalue weighted by Crippen LogP contribution is 2.48. The van der Waals surface area contributed by atoms with Crippen molar-refractivity contribution in [3.05, 3.63) is 0 Å². The van der Waals surface area contributed by atoms with Crippen molar-refractivity contribution in [2.24, 2.45) is 16.6 Å². The standard InChI is InChI=1S/C13H26N2O2/c1-12(2,3)10(14)11(16)15-9-13(5-6-13)7-8-17-4/h10H,5-9,14H2,1-4H3,(H,15,16)/t10-/m1/s1. The molecule has 0 saturated heterocycles. The van der Waals surface area contributed by atoms with Gasteiger partial charge < -0.3 is 15.8 Å². The summed E-state index contributed by atoms with van der Waals surface area (Å²) in [5, 5.41) is 2.98. The van der Waals surface area contributed by atoms with Crippen LogP contribution in [0.15, 0.2) is 0 Å². The van der Waals surface area contributed by atoms with E-state index < -0.39 is 6.04 Å². The summed E-state index contributed by atoms with van der Waals surface area (Å²) in [6, 6.07) is -0.444. The molecule has 4 heteroatoms. The van der Waals surface area contributed by atoms with Gasteiger partial charge in [0, 0.05) is 20.3 Å². The molecule has 0 aliphatic heterocycles. The third-order valence-electron chi connectivity index (χ3n) is 3.65. The minimum atomic E-state index is -0.444. The van der Waals surface area contributed by atoms with Crippen molar-refractivity contribution < 1.29 is 9.53 Å². The average molecular weight is 242 g/mol. The normalized spacial score (nSPS) is 19.8. The second kappa shape index (κ2) is 5.36. The van der Waals surface area contributed by atoms with E-state index in [1.54, 1.807) is 7.11 Å². The summed E-state index contributed by atoms with van der Waals surface area (Å²) in [7, 11) is 1.71. The molecule has 1 saturated carbocycles. The fourth-order valence-electron chi connectivity index (χ4n) is 1.79. The molecule has 0 aromatic heterocycles. The van der Waals surface area contributed by atoms with Gasteiger partial charge in [0.15, 0.2) is 0 Å². The van der Waals surface area contributed by atoms with Crippen LogP contribution < -0.4 is 11.1 Å². The smallest absolute Gasteiger partial charge is 0.237 e. The maximum atomic E-state index is 11.9. The molecular formula is C13H26N2O2. The lowest BCUT2D eigenvalue weighted by Crippen LogP contribution is -2.49. The zero-order valence-electron chi connectivity index (χ0n) is 11.5. The molecule has 4 nitrogen and oxygen atoms in total.